The lowest BCUT2D eigenvalue weighted by Crippen LogP contribution is -2.46. The molecule has 3 unspecified atom stereocenters. The van der Waals surface area contributed by atoms with Gasteiger partial charge in [-0.25, -0.2) is 0 Å². The highest BCUT2D eigenvalue weighted by atomic mass is 16.2. The molecule has 1 fully saturated rings. The Balaban J connectivity index is 2.37. The average molecular weight is 254 g/mol. The molecule has 18 heavy (non-hydrogen) atoms. The van der Waals surface area contributed by atoms with Crippen LogP contribution in [0.4, 0.5) is 0 Å². The molecule has 1 amide bonds. The first kappa shape index (κ1) is 15.5. The number of rotatable bonds is 7. The van der Waals surface area contributed by atoms with Gasteiger partial charge in [0.2, 0.25) is 5.91 Å². The van der Waals surface area contributed by atoms with Crippen LogP contribution in [-0.2, 0) is 4.79 Å². The van der Waals surface area contributed by atoms with Crippen LogP contribution in [0.25, 0.3) is 0 Å². The number of hydrogen-bond donors (Lipinski definition) is 2. The fourth-order valence-corrected chi connectivity index (χ4v) is 2.85. The van der Waals surface area contributed by atoms with Gasteiger partial charge in [0, 0.05) is 6.04 Å². The molecule has 0 aromatic carbocycles. The maximum Gasteiger partial charge on any atom is 0.237 e. The van der Waals surface area contributed by atoms with Gasteiger partial charge in [0.1, 0.15) is 0 Å². The molecule has 0 heterocycles. The van der Waals surface area contributed by atoms with Crippen LogP contribution in [0.2, 0.25) is 0 Å². The van der Waals surface area contributed by atoms with Crippen molar-refractivity contribution >= 4 is 5.91 Å². The third-order valence-corrected chi connectivity index (χ3v) is 4.04. The molecule has 0 aliphatic heterocycles. The molecule has 0 spiro atoms. The van der Waals surface area contributed by atoms with Crippen LogP contribution < -0.4 is 11.1 Å². The van der Waals surface area contributed by atoms with Crippen molar-refractivity contribution < 1.29 is 4.79 Å². The van der Waals surface area contributed by atoms with Crippen LogP contribution in [-0.4, -0.2) is 18.0 Å². The molecule has 1 aliphatic rings. The predicted octanol–water partition coefficient (Wildman–Crippen LogP) is 2.83. The average Bonchev–Trinajstić information content (AvgIpc) is 2.74. The van der Waals surface area contributed by atoms with E-state index in [9.17, 15) is 4.79 Å². The number of carbonyl (C=O) groups excluding carboxylic acids is 1. The lowest BCUT2D eigenvalue weighted by Gasteiger charge is -2.23. The number of nitrogens with two attached hydrogens (primary N) is 1. The molecule has 1 saturated carbocycles. The molecular weight excluding hydrogens is 224 g/mol. The number of carbonyl (C=O) groups is 1. The van der Waals surface area contributed by atoms with Crippen molar-refractivity contribution in [1.82, 2.24) is 5.32 Å². The maximum absolute atomic E-state index is 11.9. The van der Waals surface area contributed by atoms with E-state index in [2.05, 4.69) is 26.1 Å². The Morgan fingerprint density at radius 3 is 2.67 bits per heavy atom. The molecule has 3 N–H and O–H groups in total. The largest absolute Gasteiger partial charge is 0.352 e. The van der Waals surface area contributed by atoms with Crippen LogP contribution in [0, 0.1) is 11.8 Å². The number of amides is 1. The Morgan fingerprint density at radius 1 is 1.33 bits per heavy atom. The summed E-state index contributed by atoms with van der Waals surface area (Å²) in [5.41, 5.74) is 5.86. The molecule has 0 saturated heterocycles. The van der Waals surface area contributed by atoms with Gasteiger partial charge in [0.25, 0.3) is 0 Å². The molecule has 3 nitrogen and oxygen atoms in total. The summed E-state index contributed by atoms with van der Waals surface area (Å²) in [5, 5.41) is 3.17. The van der Waals surface area contributed by atoms with E-state index in [-0.39, 0.29) is 11.9 Å². The minimum absolute atomic E-state index is 0.0540. The molecule has 0 aromatic rings. The summed E-state index contributed by atoms with van der Waals surface area (Å²) in [7, 11) is 0. The van der Waals surface area contributed by atoms with Gasteiger partial charge in [-0.2, -0.15) is 0 Å². The zero-order chi connectivity index (χ0) is 13.5. The molecule has 3 heteroatoms. The minimum atomic E-state index is -0.318. The normalized spacial score (nSPS) is 25.4. The van der Waals surface area contributed by atoms with Crippen LogP contribution >= 0.6 is 0 Å². The van der Waals surface area contributed by atoms with E-state index in [1.54, 1.807) is 0 Å². The quantitative estimate of drug-likeness (QED) is 0.734. The van der Waals surface area contributed by atoms with Gasteiger partial charge in [-0.3, -0.25) is 4.79 Å². The van der Waals surface area contributed by atoms with Gasteiger partial charge in [-0.05, 0) is 37.5 Å². The van der Waals surface area contributed by atoms with E-state index < -0.39 is 0 Å². The Kier molecular flexibility index (Phi) is 6.69. The summed E-state index contributed by atoms with van der Waals surface area (Å²) in [5.74, 6) is 1.48. The maximum atomic E-state index is 11.9. The van der Waals surface area contributed by atoms with E-state index in [1.807, 2.05) is 0 Å². The summed E-state index contributed by atoms with van der Waals surface area (Å²) >= 11 is 0. The van der Waals surface area contributed by atoms with Crippen molar-refractivity contribution in [3.8, 4) is 0 Å². The smallest absolute Gasteiger partial charge is 0.237 e. The Bertz CT molecular complexity index is 253. The van der Waals surface area contributed by atoms with Crippen molar-refractivity contribution in [2.45, 2.75) is 77.8 Å². The lowest BCUT2D eigenvalue weighted by molar-refractivity contribution is -0.123. The summed E-state index contributed by atoms with van der Waals surface area (Å²) in [4.78, 5) is 11.9. The first-order valence-electron chi connectivity index (χ1n) is 7.60. The number of hydrogen-bond acceptors (Lipinski definition) is 2. The van der Waals surface area contributed by atoms with Crippen molar-refractivity contribution in [2.24, 2.45) is 17.6 Å². The third kappa shape index (κ3) is 4.97. The summed E-state index contributed by atoms with van der Waals surface area (Å²) in [6.45, 7) is 6.59. The van der Waals surface area contributed by atoms with Crippen molar-refractivity contribution in [1.29, 1.82) is 0 Å². The highest BCUT2D eigenvalue weighted by Gasteiger charge is 2.29. The first-order chi connectivity index (χ1) is 8.54. The summed E-state index contributed by atoms with van der Waals surface area (Å²) in [6.07, 6.45) is 7.90. The van der Waals surface area contributed by atoms with Gasteiger partial charge in [0.05, 0.1) is 6.04 Å². The lowest BCUT2D eigenvalue weighted by atomic mass is 9.93. The predicted molar refractivity (Wildman–Crippen MR) is 76.2 cm³/mol. The van der Waals surface area contributed by atoms with Crippen LogP contribution in [0.5, 0.6) is 0 Å². The molecule has 0 radical (unpaired) electrons. The summed E-state index contributed by atoms with van der Waals surface area (Å²) in [6, 6.07) is 0.0560. The molecule has 1 rings (SSSR count). The van der Waals surface area contributed by atoms with Crippen LogP contribution in [0.3, 0.4) is 0 Å². The topological polar surface area (TPSA) is 55.1 Å². The van der Waals surface area contributed by atoms with E-state index in [0.717, 1.165) is 25.2 Å². The van der Waals surface area contributed by atoms with Gasteiger partial charge >= 0.3 is 0 Å². The van der Waals surface area contributed by atoms with Crippen molar-refractivity contribution in [3.05, 3.63) is 0 Å². The second-order valence-electron chi connectivity index (χ2n) is 6.17. The fourth-order valence-electron chi connectivity index (χ4n) is 2.85. The van der Waals surface area contributed by atoms with Gasteiger partial charge in [-0.1, -0.05) is 40.0 Å². The standard InChI is InChI=1S/C15H30N2O/c1-4-6-13(16)15(18)17-14-8-5-7-12(14)10-9-11(2)3/h11-14H,4-10,16H2,1-3H3,(H,17,18). The number of nitrogens with one attached hydrogen (secondary N) is 1. The molecule has 106 valence electrons. The Hall–Kier alpha value is -0.570. The highest BCUT2D eigenvalue weighted by molar-refractivity contribution is 5.81. The molecule has 0 bridgehead atoms. The summed E-state index contributed by atoms with van der Waals surface area (Å²) < 4.78 is 0. The van der Waals surface area contributed by atoms with E-state index in [4.69, 9.17) is 5.73 Å². The minimum Gasteiger partial charge on any atom is -0.352 e. The van der Waals surface area contributed by atoms with Gasteiger partial charge in [0.15, 0.2) is 0 Å². The van der Waals surface area contributed by atoms with E-state index in [1.165, 1.54) is 25.7 Å². The van der Waals surface area contributed by atoms with E-state index in [0.29, 0.717) is 12.0 Å². The van der Waals surface area contributed by atoms with Crippen molar-refractivity contribution in [3.63, 3.8) is 0 Å². The van der Waals surface area contributed by atoms with E-state index >= 15 is 0 Å². The monoisotopic (exact) mass is 254 g/mol. The van der Waals surface area contributed by atoms with Crippen LogP contribution in [0.1, 0.15) is 65.7 Å². The SMILES string of the molecule is CCCC(N)C(=O)NC1CCCC1CCC(C)C. The molecule has 3 atom stereocenters. The molecular formula is C15H30N2O. The highest BCUT2D eigenvalue weighted by Crippen LogP contribution is 2.30. The third-order valence-electron chi connectivity index (χ3n) is 4.04. The van der Waals surface area contributed by atoms with Crippen molar-refractivity contribution in [2.75, 3.05) is 0 Å². The van der Waals surface area contributed by atoms with Crippen LogP contribution in [0.15, 0.2) is 0 Å². The molecule has 1 aliphatic carbocycles. The zero-order valence-electron chi connectivity index (χ0n) is 12.2. The van der Waals surface area contributed by atoms with Gasteiger partial charge < -0.3 is 11.1 Å². The molecule has 0 aromatic heterocycles. The van der Waals surface area contributed by atoms with Gasteiger partial charge in [-0.15, -0.1) is 0 Å². The fraction of sp³-hybridized carbons (Fsp3) is 0.933. The second kappa shape index (κ2) is 7.78. The first-order valence-corrected chi connectivity index (χ1v) is 7.60. The Morgan fingerprint density at radius 2 is 2.06 bits per heavy atom. The Labute approximate surface area is 112 Å². The second-order valence-corrected chi connectivity index (χ2v) is 6.17. The zero-order valence-corrected chi connectivity index (χ0v) is 12.2.